The van der Waals surface area contributed by atoms with E-state index in [9.17, 15) is 9.18 Å². The van der Waals surface area contributed by atoms with Crippen LogP contribution in [0.5, 0.6) is 5.75 Å². The summed E-state index contributed by atoms with van der Waals surface area (Å²) in [4.78, 5) is 14.2. The van der Waals surface area contributed by atoms with Crippen LogP contribution in [0.4, 0.5) is 4.39 Å². The van der Waals surface area contributed by atoms with E-state index >= 15 is 0 Å². The monoisotopic (exact) mass is 327 g/mol. The van der Waals surface area contributed by atoms with Gasteiger partial charge in [0.25, 0.3) is 5.91 Å². The van der Waals surface area contributed by atoms with E-state index in [1.165, 1.54) is 36.1 Å². The van der Waals surface area contributed by atoms with Crippen molar-refractivity contribution in [2.45, 2.75) is 25.7 Å². The number of hydrogen-bond acceptors (Lipinski definition) is 2. The number of fused-ring (bicyclic) bond motifs is 1. The molecule has 2 aromatic rings. The first kappa shape index (κ1) is 16.5. The molecule has 24 heavy (non-hydrogen) atoms. The first-order valence-electron chi connectivity index (χ1n) is 8.39. The number of nitrogens with zero attached hydrogens (tertiary/aromatic N) is 1. The Morgan fingerprint density at radius 3 is 2.54 bits per heavy atom. The van der Waals surface area contributed by atoms with Crippen molar-refractivity contribution in [1.82, 2.24) is 4.90 Å². The molecule has 126 valence electrons. The van der Waals surface area contributed by atoms with Crippen molar-refractivity contribution in [3.63, 3.8) is 0 Å². The molecule has 0 aliphatic heterocycles. The standard InChI is InChI=1S/C20H22FNO2/c1-22(12-13-24-19-10-8-18(21)9-11-19)20(23)17-7-6-15-4-2-3-5-16(15)14-17/h6-11,14H,2-5,12-13H2,1H3. The van der Waals surface area contributed by atoms with Crippen molar-refractivity contribution in [2.24, 2.45) is 0 Å². The van der Waals surface area contributed by atoms with Gasteiger partial charge in [-0.25, -0.2) is 4.39 Å². The predicted octanol–water partition coefficient (Wildman–Crippen LogP) is 3.86. The van der Waals surface area contributed by atoms with Gasteiger partial charge >= 0.3 is 0 Å². The van der Waals surface area contributed by atoms with Gasteiger partial charge in [0.2, 0.25) is 0 Å². The van der Waals surface area contributed by atoms with E-state index < -0.39 is 0 Å². The van der Waals surface area contributed by atoms with E-state index in [2.05, 4.69) is 6.07 Å². The van der Waals surface area contributed by atoms with Crippen LogP contribution in [0.15, 0.2) is 42.5 Å². The Hall–Kier alpha value is -2.36. The van der Waals surface area contributed by atoms with E-state index in [4.69, 9.17) is 4.74 Å². The third-order valence-corrected chi connectivity index (χ3v) is 4.45. The molecule has 3 nitrogen and oxygen atoms in total. The Bertz CT molecular complexity index is 712. The SMILES string of the molecule is CN(CCOc1ccc(F)cc1)C(=O)c1ccc2c(c1)CCCC2. The highest BCUT2D eigenvalue weighted by Crippen LogP contribution is 2.22. The number of rotatable bonds is 5. The van der Waals surface area contributed by atoms with Crippen LogP contribution in [0.25, 0.3) is 0 Å². The normalized spacial score (nSPS) is 13.2. The Morgan fingerprint density at radius 2 is 1.79 bits per heavy atom. The highest BCUT2D eigenvalue weighted by molar-refractivity contribution is 5.94. The van der Waals surface area contributed by atoms with Gasteiger partial charge in [0.1, 0.15) is 18.2 Å². The first-order chi connectivity index (χ1) is 11.6. The van der Waals surface area contributed by atoms with Gasteiger partial charge in [0, 0.05) is 12.6 Å². The first-order valence-corrected chi connectivity index (χ1v) is 8.39. The van der Waals surface area contributed by atoms with Gasteiger partial charge in [-0.15, -0.1) is 0 Å². The van der Waals surface area contributed by atoms with Crippen LogP contribution in [0.1, 0.15) is 34.3 Å². The van der Waals surface area contributed by atoms with Crippen molar-refractivity contribution in [1.29, 1.82) is 0 Å². The highest BCUT2D eigenvalue weighted by atomic mass is 19.1. The molecule has 0 aromatic heterocycles. The maximum Gasteiger partial charge on any atom is 0.253 e. The average Bonchev–Trinajstić information content (AvgIpc) is 2.62. The number of carbonyl (C=O) groups excluding carboxylic acids is 1. The van der Waals surface area contributed by atoms with Gasteiger partial charge in [-0.1, -0.05) is 6.07 Å². The minimum atomic E-state index is -0.290. The number of benzene rings is 2. The molecule has 0 spiro atoms. The van der Waals surface area contributed by atoms with Gasteiger partial charge in [-0.3, -0.25) is 4.79 Å². The molecule has 0 saturated heterocycles. The molecule has 0 atom stereocenters. The van der Waals surface area contributed by atoms with Gasteiger partial charge < -0.3 is 9.64 Å². The lowest BCUT2D eigenvalue weighted by atomic mass is 9.90. The fourth-order valence-electron chi connectivity index (χ4n) is 3.02. The molecule has 0 N–H and O–H groups in total. The van der Waals surface area contributed by atoms with Crippen LogP contribution in [0.3, 0.4) is 0 Å². The Morgan fingerprint density at radius 1 is 1.08 bits per heavy atom. The highest BCUT2D eigenvalue weighted by Gasteiger charge is 2.15. The van der Waals surface area contributed by atoms with Crippen molar-refractivity contribution in [3.05, 3.63) is 65.0 Å². The van der Waals surface area contributed by atoms with Gasteiger partial charge in [0.15, 0.2) is 0 Å². The van der Waals surface area contributed by atoms with E-state index in [0.717, 1.165) is 18.4 Å². The van der Waals surface area contributed by atoms with Crippen molar-refractivity contribution in [2.75, 3.05) is 20.2 Å². The summed E-state index contributed by atoms with van der Waals surface area (Å²) < 4.78 is 18.4. The van der Waals surface area contributed by atoms with Crippen LogP contribution >= 0.6 is 0 Å². The topological polar surface area (TPSA) is 29.5 Å². The summed E-state index contributed by atoms with van der Waals surface area (Å²) in [7, 11) is 1.77. The van der Waals surface area contributed by atoms with Gasteiger partial charge in [-0.2, -0.15) is 0 Å². The average molecular weight is 327 g/mol. The van der Waals surface area contributed by atoms with E-state index in [1.54, 1.807) is 24.1 Å². The lowest BCUT2D eigenvalue weighted by molar-refractivity contribution is 0.0773. The number of hydrogen-bond donors (Lipinski definition) is 0. The van der Waals surface area contributed by atoms with E-state index in [1.807, 2.05) is 12.1 Å². The van der Waals surface area contributed by atoms with Gasteiger partial charge in [0.05, 0.1) is 6.54 Å². The summed E-state index contributed by atoms with van der Waals surface area (Å²) >= 11 is 0. The van der Waals surface area contributed by atoms with Crippen molar-refractivity contribution >= 4 is 5.91 Å². The van der Waals surface area contributed by atoms with E-state index in [-0.39, 0.29) is 11.7 Å². The second-order valence-electron chi connectivity index (χ2n) is 6.22. The summed E-state index contributed by atoms with van der Waals surface area (Å²) in [5.41, 5.74) is 3.42. The molecule has 2 aromatic carbocycles. The molecule has 4 heteroatoms. The number of aryl methyl sites for hydroxylation is 2. The zero-order chi connectivity index (χ0) is 16.9. The van der Waals surface area contributed by atoms with E-state index in [0.29, 0.717) is 18.9 Å². The zero-order valence-electron chi connectivity index (χ0n) is 13.9. The molecular formula is C20H22FNO2. The summed E-state index contributed by atoms with van der Waals surface area (Å²) in [5.74, 6) is 0.319. The lowest BCUT2D eigenvalue weighted by Gasteiger charge is -2.20. The molecule has 3 rings (SSSR count). The Kier molecular flexibility index (Phi) is 5.14. The molecule has 0 heterocycles. The smallest absolute Gasteiger partial charge is 0.253 e. The number of carbonyl (C=O) groups is 1. The molecule has 0 radical (unpaired) electrons. The minimum absolute atomic E-state index is 0.00563. The predicted molar refractivity (Wildman–Crippen MR) is 91.9 cm³/mol. The minimum Gasteiger partial charge on any atom is -0.492 e. The van der Waals surface area contributed by atoms with Crippen LogP contribution in [-0.2, 0) is 12.8 Å². The molecule has 1 amide bonds. The fraction of sp³-hybridized carbons (Fsp3) is 0.350. The number of ether oxygens (including phenoxy) is 1. The van der Waals surface area contributed by atoms with Gasteiger partial charge in [-0.05, 0) is 73.2 Å². The largest absolute Gasteiger partial charge is 0.492 e. The third kappa shape index (κ3) is 3.94. The summed E-state index contributed by atoms with van der Waals surface area (Å²) in [6, 6.07) is 11.9. The summed E-state index contributed by atoms with van der Waals surface area (Å²) in [6.07, 6.45) is 4.62. The zero-order valence-corrected chi connectivity index (χ0v) is 13.9. The van der Waals surface area contributed by atoms with Crippen molar-refractivity contribution < 1.29 is 13.9 Å². The second-order valence-corrected chi connectivity index (χ2v) is 6.22. The fourth-order valence-corrected chi connectivity index (χ4v) is 3.02. The molecule has 0 bridgehead atoms. The lowest BCUT2D eigenvalue weighted by Crippen LogP contribution is -2.31. The van der Waals surface area contributed by atoms with Crippen LogP contribution in [0.2, 0.25) is 0 Å². The molecule has 1 aliphatic rings. The third-order valence-electron chi connectivity index (χ3n) is 4.45. The Labute approximate surface area is 142 Å². The maximum atomic E-state index is 12.8. The maximum absolute atomic E-state index is 12.8. The number of amides is 1. The van der Waals surface area contributed by atoms with Crippen LogP contribution in [0, 0.1) is 5.82 Å². The molecular weight excluding hydrogens is 305 g/mol. The van der Waals surface area contributed by atoms with Crippen molar-refractivity contribution in [3.8, 4) is 5.75 Å². The molecule has 0 unspecified atom stereocenters. The quantitative estimate of drug-likeness (QED) is 0.835. The number of halogens is 1. The summed E-state index contributed by atoms with van der Waals surface area (Å²) in [6.45, 7) is 0.853. The number of likely N-dealkylation sites (N-methyl/N-ethyl adjacent to an activating group) is 1. The van der Waals surface area contributed by atoms with Crippen LogP contribution in [-0.4, -0.2) is 31.0 Å². The molecule has 0 fully saturated rings. The Balaban J connectivity index is 1.55. The summed E-state index contributed by atoms with van der Waals surface area (Å²) in [5, 5.41) is 0. The second kappa shape index (κ2) is 7.47. The van der Waals surface area contributed by atoms with Crippen LogP contribution < -0.4 is 4.74 Å². The molecule has 1 aliphatic carbocycles. The molecule has 0 saturated carbocycles.